The lowest BCUT2D eigenvalue weighted by Gasteiger charge is -2.19. The highest BCUT2D eigenvalue weighted by Gasteiger charge is 2.20. The number of nitrogen functional groups attached to an aromatic ring is 1. The van der Waals surface area contributed by atoms with Crippen molar-refractivity contribution in [1.29, 1.82) is 0 Å². The molecule has 0 fully saturated rings. The predicted molar refractivity (Wildman–Crippen MR) is 111 cm³/mol. The number of ether oxygens (including phenoxy) is 1. The molecule has 1 aliphatic rings. The van der Waals surface area contributed by atoms with Crippen LogP contribution in [0.5, 0.6) is 5.75 Å². The molecule has 3 N–H and O–H groups in total. The van der Waals surface area contributed by atoms with Gasteiger partial charge < -0.3 is 15.8 Å². The monoisotopic (exact) mass is 433 g/mol. The molecular weight excluding hydrogens is 416 g/mol. The van der Waals surface area contributed by atoms with Crippen LogP contribution in [0.1, 0.15) is 30.0 Å². The van der Waals surface area contributed by atoms with Crippen LogP contribution in [0.15, 0.2) is 30.6 Å². The Morgan fingerprint density at radius 1 is 1.21 bits per heavy atom. The molecule has 2 aromatic heterocycles. The molecule has 1 aliphatic heterocycles. The van der Waals surface area contributed by atoms with Crippen molar-refractivity contribution in [1.82, 2.24) is 20.3 Å². The van der Waals surface area contributed by atoms with Gasteiger partial charge in [-0.25, -0.2) is 14.4 Å². The van der Waals surface area contributed by atoms with Crippen molar-refractivity contribution in [3.05, 3.63) is 63.4 Å². The topological polar surface area (TPSA) is 86.0 Å². The second-order valence-corrected chi connectivity index (χ2v) is 7.48. The van der Waals surface area contributed by atoms with Crippen molar-refractivity contribution in [2.24, 2.45) is 0 Å². The second kappa shape index (κ2) is 8.10. The largest absolute Gasteiger partial charge is 0.482 e. The number of rotatable bonds is 4. The first kappa shape index (κ1) is 19.8. The number of hydrogen-bond donors (Lipinski definition) is 2. The molecule has 0 bridgehead atoms. The van der Waals surface area contributed by atoms with E-state index in [1.807, 2.05) is 0 Å². The van der Waals surface area contributed by atoms with E-state index in [1.54, 1.807) is 25.4 Å². The lowest BCUT2D eigenvalue weighted by atomic mass is 10.1. The number of fused-ring (bicyclic) bond motifs is 1. The van der Waals surface area contributed by atoms with Gasteiger partial charge in [-0.3, -0.25) is 4.98 Å². The molecule has 0 spiro atoms. The van der Waals surface area contributed by atoms with E-state index in [2.05, 4.69) is 15.3 Å². The molecule has 9 heteroatoms. The number of anilines is 1. The van der Waals surface area contributed by atoms with Gasteiger partial charge in [0.25, 0.3) is 0 Å². The number of pyridine rings is 1. The van der Waals surface area contributed by atoms with Crippen LogP contribution in [0.3, 0.4) is 0 Å². The summed E-state index contributed by atoms with van der Waals surface area (Å²) in [7, 11) is 0. The Bertz CT molecular complexity index is 1080. The minimum Gasteiger partial charge on any atom is -0.482 e. The Morgan fingerprint density at radius 2 is 2.03 bits per heavy atom. The van der Waals surface area contributed by atoms with Crippen LogP contribution in [0, 0.1) is 5.82 Å². The van der Waals surface area contributed by atoms with Crippen LogP contribution in [-0.2, 0) is 13.0 Å². The molecule has 0 saturated heterocycles. The highest BCUT2D eigenvalue weighted by atomic mass is 35.5. The maximum Gasteiger partial charge on any atom is 0.166 e. The quantitative estimate of drug-likeness (QED) is 0.594. The molecule has 0 saturated carbocycles. The molecule has 0 radical (unpaired) electrons. The van der Waals surface area contributed by atoms with E-state index < -0.39 is 11.9 Å². The fourth-order valence-electron chi connectivity index (χ4n) is 3.21. The van der Waals surface area contributed by atoms with E-state index in [-0.39, 0.29) is 10.8 Å². The smallest absolute Gasteiger partial charge is 0.166 e. The predicted octanol–water partition coefficient (Wildman–Crippen LogP) is 4.35. The third kappa shape index (κ3) is 3.99. The number of hydrogen-bond acceptors (Lipinski definition) is 6. The summed E-state index contributed by atoms with van der Waals surface area (Å²) in [4.78, 5) is 13.4. The fraction of sp³-hybridized carbons (Fsp3) is 0.250. The van der Waals surface area contributed by atoms with Crippen molar-refractivity contribution < 1.29 is 9.13 Å². The van der Waals surface area contributed by atoms with Crippen LogP contribution >= 0.6 is 23.2 Å². The fourth-order valence-corrected chi connectivity index (χ4v) is 3.89. The van der Waals surface area contributed by atoms with Gasteiger partial charge in [-0.05, 0) is 25.1 Å². The Hall–Kier alpha value is -2.48. The lowest BCUT2D eigenvalue weighted by Crippen LogP contribution is -2.25. The molecule has 3 aromatic rings. The number of nitrogens with zero attached hydrogens (tertiary/aromatic N) is 3. The van der Waals surface area contributed by atoms with Crippen molar-refractivity contribution >= 4 is 29.0 Å². The van der Waals surface area contributed by atoms with Gasteiger partial charge >= 0.3 is 0 Å². The van der Waals surface area contributed by atoms with E-state index in [9.17, 15) is 4.39 Å². The number of aromatic nitrogens is 3. The highest BCUT2D eigenvalue weighted by molar-refractivity contribution is 6.36. The molecule has 1 unspecified atom stereocenters. The summed E-state index contributed by atoms with van der Waals surface area (Å²) in [6.07, 6.45) is 3.49. The van der Waals surface area contributed by atoms with Crippen molar-refractivity contribution in [3.8, 4) is 17.0 Å². The zero-order valence-electron chi connectivity index (χ0n) is 15.5. The summed E-state index contributed by atoms with van der Waals surface area (Å²) in [6, 6.07) is 4.38. The molecule has 0 aliphatic carbocycles. The first-order valence-corrected chi connectivity index (χ1v) is 9.81. The molecule has 3 heterocycles. The third-order valence-corrected chi connectivity index (χ3v) is 5.44. The van der Waals surface area contributed by atoms with Gasteiger partial charge in [-0.1, -0.05) is 23.2 Å². The zero-order valence-corrected chi connectivity index (χ0v) is 17.1. The molecule has 1 atom stereocenters. The van der Waals surface area contributed by atoms with Crippen LogP contribution in [0.25, 0.3) is 11.3 Å². The first-order chi connectivity index (χ1) is 13.9. The Kier molecular flexibility index (Phi) is 5.54. The summed E-state index contributed by atoms with van der Waals surface area (Å²) < 4.78 is 19.8. The molecule has 1 aromatic carbocycles. The number of nitrogens with one attached hydrogen (secondary N) is 1. The van der Waals surface area contributed by atoms with E-state index in [1.165, 1.54) is 12.1 Å². The summed E-state index contributed by atoms with van der Waals surface area (Å²) in [6.45, 7) is 3.29. The van der Waals surface area contributed by atoms with Crippen LogP contribution in [0.4, 0.5) is 10.2 Å². The van der Waals surface area contributed by atoms with E-state index in [0.717, 1.165) is 24.4 Å². The molecule has 4 rings (SSSR count). The van der Waals surface area contributed by atoms with Gasteiger partial charge in [0.15, 0.2) is 11.6 Å². The number of halogens is 3. The lowest BCUT2D eigenvalue weighted by molar-refractivity contribution is 0.227. The summed E-state index contributed by atoms with van der Waals surface area (Å²) >= 11 is 12.3. The third-order valence-electron chi connectivity index (χ3n) is 4.73. The Balaban J connectivity index is 1.65. The van der Waals surface area contributed by atoms with E-state index in [4.69, 9.17) is 38.7 Å². The zero-order chi connectivity index (χ0) is 20.5. The van der Waals surface area contributed by atoms with Gasteiger partial charge in [0.2, 0.25) is 0 Å². The number of benzene rings is 1. The first-order valence-electron chi connectivity index (χ1n) is 9.05. The SMILES string of the molecule is CC(Oc1cc(-c2cnc3c(n2)CCNC3)cnc1N)c1c(Cl)ccc(F)c1Cl. The standard InChI is InChI=1S/C20H18Cl2FN5O/c1-10(18-12(21)2-3-13(23)19(18)22)29-17-6-11(7-27-20(17)24)15-9-26-16-8-25-5-4-14(16)28-15/h2-3,6-7,9-10,25H,4-5,8H2,1H3,(H2,24,27). The second-order valence-electron chi connectivity index (χ2n) is 6.70. The molecule has 29 heavy (non-hydrogen) atoms. The maximum absolute atomic E-state index is 13.9. The van der Waals surface area contributed by atoms with Crippen molar-refractivity contribution in [2.45, 2.75) is 26.0 Å². The normalized spacial score (nSPS) is 14.3. The highest BCUT2D eigenvalue weighted by Crippen LogP contribution is 2.36. The average molecular weight is 434 g/mol. The Labute approximate surface area is 177 Å². The number of nitrogens with two attached hydrogens (primary N) is 1. The molecule has 6 nitrogen and oxygen atoms in total. The van der Waals surface area contributed by atoms with Crippen LogP contribution < -0.4 is 15.8 Å². The van der Waals surface area contributed by atoms with Gasteiger partial charge in [0.1, 0.15) is 11.9 Å². The van der Waals surface area contributed by atoms with Crippen LogP contribution in [-0.4, -0.2) is 21.5 Å². The molecule has 150 valence electrons. The van der Waals surface area contributed by atoms with Crippen molar-refractivity contribution in [2.75, 3.05) is 12.3 Å². The Morgan fingerprint density at radius 3 is 2.86 bits per heavy atom. The average Bonchev–Trinajstić information content (AvgIpc) is 2.72. The molecular formula is C20H18Cl2FN5O. The summed E-state index contributed by atoms with van der Waals surface area (Å²) in [5.74, 6) is -0.0489. The van der Waals surface area contributed by atoms with Gasteiger partial charge in [0, 0.05) is 41.9 Å². The summed E-state index contributed by atoms with van der Waals surface area (Å²) in [5.41, 5.74) is 9.64. The molecule has 0 amide bonds. The maximum atomic E-state index is 13.9. The van der Waals surface area contributed by atoms with Crippen molar-refractivity contribution in [3.63, 3.8) is 0 Å². The van der Waals surface area contributed by atoms with Gasteiger partial charge in [-0.15, -0.1) is 0 Å². The minimum absolute atomic E-state index is 0.0816. The summed E-state index contributed by atoms with van der Waals surface area (Å²) in [5, 5.41) is 3.49. The van der Waals surface area contributed by atoms with Gasteiger partial charge in [-0.2, -0.15) is 0 Å². The van der Waals surface area contributed by atoms with Gasteiger partial charge in [0.05, 0.1) is 28.3 Å². The van der Waals surface area contributed by atoms with E-state index in [0.29, 0.717) is 34.1 Å². The minimum atomic E-state index is -0.647. The van der Waals surface area contributed by atoms with E-state index >= 15 is 0 Å². The van der Waals surface area contributed by atoms with Crippen LogP contribution in [0.2, 0.25) is 10.0 Å².